The molecular formula is C15H22N2O2. The highest BCUT2D eigenvalue weighted by molar-refractivity contribution is 5.77. The maximum atomic E-state index is 12.0. The van der Waals surface area contributed by atoms with Crippen LogP contribution in [-0.4, -0.2) is 31.7 Å². The van der Waals surface area contributed by atoms with Crippen molar-refractivity contribution in [3.63, 3.8) is 0 Å². The van der Waals surface area contributed by atoms with Crippen LogP contribution in [0.3, 0.4) is 0 Å². The maximum absolute atomic E-state index is 12.0. The van der Waals surface area contributed by atoms with Crippen molar-refractivity contribution >= 4 is 5.91 Å². The molecule has 1 amide bonds. The monoisotopic (exact) mass is 262 g/mol. The summed E-state index contributed by atoms with van der Waals surface area (Å²) < 4.78 is 5.35. The highest BCUT2D eigenvalue weighted by Crippen LogP contribution is 2.16. The lowest BCUT2D eigenvalue weighted by Crippen LogP contribution is -2.44. The molecule has 19 heavy (non-hydrogen) atoms. The molecule has 4 nitrogen and oxygen atoms in total. The lowest BCUT2D eigenvalue weighted by Gasteiger charge is -2.24. The van der Waals surface area contributed by atoms with E-state index in [9.17, 15) is 4.79 Å². The summed E-state index contributed by atoms with van der Waals surface area (Å²) in [5.74, 6) is 0.0683. The number of aryl methyl sites for hydroxylation is 1. The van der Waals surface area contributed by atoms with Crippen LogP contribution in [0.5, 0.6) is 0 Å². The Balaban J connectivity index is 1.86. The number of hydrogen-bond acceptors (Lipinski definition) is 3. The second-order valence-electron chi connectivity index (χ2n) is 5.08. The quantitative estimate of drug-likeness (QED) is 0.865. The largest absolute Gasteiger partial charge is 0.378 e. The molecule has 0 aliphatic carbocycles. The van der Waals surface area contributed by atoms with Crippen LogP contribution in [0, 0.1) is 6.92 Å². The molecule has 2 atom stereocenters. The van der Waals surface area contributed by atoms with Gasteiger partial charge in [-0.3, -0.25) is 4.79 Å². The molecule has 1 fully saturated rings. The summed E-state index contributed by atoms with van der Waals surface area (Å²) in [6.45, 7) is 6.26. The Morgan fingerprint density at radius 1 is 1.53 bits per heavy atom. The van der Waals surface area contributed by atoms with Gasteiger partial charge in [0.2, 0.25) is 5.91 Å². The molecule has 2 rings (SSSR count). The average Bonchev–Trinajstić information content (AvgIpc) is 2.40. The predicted octanol–water partition coefficient (Wildman–Crippen LogP) is 1.55. The third-order valence-corrected chi connectivity index (χ3v) is 3.46. The number of morpholine rings is 1. The Labute approximate surface area is 114 Å². The van der Waals surface area contributed by atoms with Crippen molar-refractivity contribution in [3.8, 4) is 0 Å². The Morgan fingerprint density at radius 2 is 2.32 bits per heavy atom. The lowest BCUT2D eigenvalue weighted by atomic mass is 10.0. The summed E-state index contributed by atoms with van der Waals surface area (Å²) in [5, 5.41) is 6.34. The Bertz CT molecular complexity index is 428. The SMILES string of the molecule is Cc1ccccc1C(C)NC(=O)CC1COCCN1. The van der Waals surface area contributed by atoms with E-state index >= 15 is 0 Å². The number of amides is 1. The molecule has 1 heterocycles. The van der Waals surface area contributed by atoms with Gasteiger partial charge in [-0.25, -0.2) is 0 Å². The Morgan fingerprint density at radius 3 is 3.00 bits per heavy atom. The molecule has 0 radical (unpaired) electrons. The number of nitrogens with one attached hydrogen (secondary N) is 2. The van der Waals surface area contributed by atoms with Gasteiger partial charge in [0, 0.05) is 19.0 Å². The van der Waals surface area contributed by atoms with E-state index in [1.807, 2.05) is 19.1 Å². The molecule has 4 heteroatoms. The van der Waals surface area contributed by atoms with Crippen molar-refractivity contribution in [1.82, 2.24) is 10.6 Å². The van der Waals surface area contributed by atoms with E-state index in [1.165, 1.54) is 11.1 Å². The molecule has 1 aromatic rings. The predicted molar refractivity (Wildman–Crippen MR) is 75.0 cm³/mol. The summed E-state index contributed by atoms with van der Waals surface area (Å²) in [6.07, 6.45) is 0.468. The van der Waals surface area contributed by atoms with Crippen LogP contribution in [0.2, 0.25) is 0 Å². The van der Waals surface area contributed by atoms with Crippen molar-refractivity contribution in [2.24, 2.45) is 0 Å². The average molecular weight is 262 g/mol. The summed E-state index contributed by atoms with van der Waals surface area (Å²) in [7, 11) is 0. The van der Waals surface area contributed by atoms with Crippen molar-refractivity contribution in [2.45, 2.75) is 32.4 Å². The highest BCUT2D eigenvalue weighted by Gasteiger charge is 2.18. The van der Waals surface area contributed by atoms with Crippen LogP contribution in [0.25, 0.3) is 0 Å². The molecule has 1 aromatic carbocycles. The zero-order chi connectivity index (χ0) is 13.7. The Kier molecular flexibility index (Phi) is 4.93. The summed E-state index contributed by atoms with van der Waals surface area (Å²) in [5.41, 5.74) is 2.37. The molecule has 0 saturated carbocycles. The van der Waals surface area contributed by atoms with Gasteiger partial charge in [0.15, 0.2) is 0 Å². The lowest BCUT2D eigenvalue weighted by molar-refractivity contribution is -0.122. The van der Waals surface area contributed by atoms with E-state index in [0.29, 0.717) is 13.0 Å². The van der Waals surface area contributed by atoms with Crippen LogP contribution in [0.4, 0.5) is 0 Å². The van der Waals surface area contributed by atoms with Gasteiger partial charge in [-0.1, -0.05) is 24.3 Å². The van der Waals surface area contributed by atoms with E-state index < -0.39 is 0 Å². The summed E-state index contributed by atoms with van der Waals surface area (Å²) in [4.78, 5) is 12.0. The number of benzene rings is 1. The molecule has 1 saturated heterocycles. The Hall–Kier alpha value is -1.39. The van der Waals surface area contributed by atoms with Gasteiger partial charge in [0.1, 0.15) is 0 Å². The van der Waals surface area contributed by atoms with Gasteiger partial charge in [0.05, 0.1) is 19.3 Å². The maximum Gasteiger partial charge on any atom is 0.222 e. The number of carbonyl (C=O) groups excluding carboxylic acids is 1. The third kappa shape index (κ3) is 4.04. The van der Waals surface area contributed by atoms with Crippen LogP contribution in [0.1, 0.15) is 30.5 Å². The van der Waals surface area contributed by atoms with E-state index in [1.54, 1.807) is 0 Å². The first kappa shape index (κ1) is 14.0. The van der Waals surface area contributed by atoms with E-state index in [2.05, 4.69) is 29.7 Å². The topological polar surface area (TPSA) is 50.4 Å². The minimum Gasteiger partial charge on any atom is -0.378 e. The van der Waals surface area contributed by atoms with Crippen LogP contribution in [0.15, 0.2) is 24.3 Å². The fraction of sp³-hybridized carbons (Fsp3) is 0.533. The molecule has 1 aliphatic heterocycles. The zero-order valence-corrected chi connectivity index (χ0v) is 11.6. The van der Waals surface area contributed by atoms with E-state index in [4.69, 9.17) is 4.74 Å². The third-order valence-electron chi connectivity index (χ3n) is 3.46. The van der Waals surface area contributed by atoms with Gasteiger partial charge in [-0.05, 0) is 25.0 Å². The van der Waals surface area contributed by atoms with Gasteiger partial charge in [-0.2, -0.15) is 0 Å². The molecule has 2 unspecified atom stereocenters. The second kappa shape index (κ2) is 6.68. The van der Waals surface area contributed by atoms with Gasteiger partial charge in [-0.15, -0.1) is 0 Å². The van der Waals surface area contributed by atoms with Gasteiger partial charge in [0.25, 0.3) is 0 Å². The van der Waals surface area contributed by atoms with Crippen molar-refractivity contribution in [3.05, 3.63) is 35.4 Å². The highest BCUT2D eigenvalue weighted by atomic mass is 16.5. The normalized spacial score (nSPS) is 20.8. The van der Waals surface area contributed by atoms with Crippen molar-refractivity contribution in [1.29, 1.82) is 0 Å². The number of hydrogen-bond donors (Lipinski definition) is 2. The minimum atomic E-state index is 0.0400. The first-order valence-electron chi connectivity index (χ1n) is 6.83. The first-order chi connectivity index (χ1) is 9.16. The molecule has 1 aliphatic rings. The van der Waals surface area contributed by atoms with Gasteiger partial charge < -0.3 is 15.4 Å². The molecule has 2 N–H and O–H groups in total. The van der Waals surface area contributed by atoms with Crippen molar-refractivity contribution in [2.75, 3.05) is 19.8 Å². The summed E-state index contributed by atoms with van der Waals surface area (Å²) >= 11 is 0. The number of ether oxygens (including phenoxy) is 1. The number of rotatable bonds is 4. The van der Waals surface area contributed by atoms with E-state index in [-0.39, 0.29) is 18.0 Å². The van der Waals surface area contributed by atoms with Crippen molar-refractivity contribution < 1.29 is 9.53 Å². The van der Waals surface area contributed by atoms with Gasteiger partial charge >= 0.3 is 0 Å². The van der Waals surface area contributed by atoms with Crippen LogP contribution >= 0.6 is 0 Å². The van der Waals surface area contributed by atoms with E-state index in [0.717, 1.165) is 13.2 Å². The second-order valence-corrected chi connectivity index (χ2v) is 5.08. The summed E-state index contributed by atoms with van der Waals surface area (Å²) in [6, 6.07) is 8.31. The first-order valence-corrected chi connectivity index (χ1v) is 6.83. The van der Waals surface area contributed by atoms with Crippen LogP contribution in [-0.2, 0) is 9.53 Å². The zero-order valence-electron chi connectivity index (χ0n) is 11.6. The number of carbonyl (C=O) groups is 1. The molecular weight excluding hydrogens is 240 g/mol. The fourth-order valence-corrected chi connectivity index (χ4v) is 2.43. The smallest absolute Gasteiger partial charge is 0.222 e. The van der Waals surface area contributed by atoms with Crippen LogP contribution < -0.4 is 10.6 Å². The molecule has 0 spiro atoms. The molecule has 0 aromatic heterocycles. The standard InChI is InChI=1S/C15H22N2O2/c1-11-5-3-4-6-14(11)12(2)17-15(18)9-13-10-19-8-7-16-13/h3-6,12-13,16H,7-10H2,1-2H3,(H,17,18). The minimum absolute atomic E-state index is 0.0400. The molecule has 0 bridgehead atoms. The molecule has 104 valence electrons. The fourth-order valence-electron chi connectivity index (χ4n) is 2.43.